The van der Waals surface area contributed by atoms with Crippen LogP contribution in [-0.2, 0) is 13.0 Å². The van der Waals surface area contributed by atoms with Gasteiger partial charge in [-0.2, -0.15) is 0 Å². The summed E-state index contributed by atoms with van der Waals surface area (Å²) in [5.74, 6) is 0.893. The lowest BCUT2D eigenvalue weighted by Gasteiger charge is -2.24. The number of amides is 2. The Morgan fingerprint density at radius 3 is 2.68 bits per heavy atom. The zero-order valence-corrected chi connectivity index (χ0v) is 17.9. The maximum absolute atomic E-state index is 13.5. The third-order valence-corrected chi connectivity index (χ3v) is 5.43. The fourth-order valence-corrected chi connectivity index (χ4v) is 3.76. The standard InChI is InChI=1S/C23H19Cl2FN2O3/c24-17-6-5-16(20(25)11-17)8-9-28(23(29)27-19-3-1-2-18(26)12-19)13-15-4-7-21-22(10-15)31-14-30-21/h1-7,10-12H,8-9,13-14H2,(H,27,29). The number of nitrogens with zero attached hydrogens (tertiary/aromatic N) is 1. The molecule has 1 heterocycles. The van der Waals surface area contributed by atoms with Crippen molar-refractivity contribution in [3.63, 3.8) is 0 Å². The van der Waals surface area contributed by atoms with Crippen molar-refractivity contribution in [2.75, 3.05) is 18.7 Å². The molecule has 3 aromatic rings. The van der Waals surface area contributed by atoms with Gasteiger partial charge in [-0.15, -0.1) is 0 Å². The summed E-state index contributed by atoms with van der Waals surface area (Å²) in [5, 5.41) is 3.85. The van der Waals surface area contributed by atoms with Gasteiger partial charge in [0, 0.05) is 28.8 Å². The van der Waals surface area contributed by atoms with E-state index in [1.807, 2.05) is 24.3 Å². The fraction of sp³-hybridized carbons (Fsp3) is 0.174. The van der Waals surface area contributed by atoms with Gasteiger partial charge in [-0.1, -0.05) is 41.4 Å². The molecule has 0 saturated heterocycles. The largest absolute Gasteiger partial charge is 0.454 e. The van der Waals surface area contributed by atoms with Gasteiger partial charge in [0.05, 0.1) is 0 Å². The molecule has 2 amide bonds. The number of carbonyl (C=O) groups excluding carboxylic acids is 1. The van der Waals surface area contributed by atoms with Gasteiger partial charge in [0.2, 0.25) is 6.79 Å². The molecule has 0 unspecified atom stereocenters. The van der Waals surface area contributed by atoms with Gasteiger partial charge in [-0.05, 0) is 60.0 Å². The van der Waals surface area contributed by atoms with Crippen molar-refractivity contribution < 1.29 is 18.7 Å². The van der Waals surface area contributed by atoms with Crippen LogP contribution in [0.1, 0.15) is 11.1 Å². The van der Waals surface area contributed by atoms with E-state index in [4.69, 9.17) is 32.7 Å². The average Bonchev–Trinajstić information content (AvgIpc) is 3.20. The molecule has 8 heteroatoms. The number of hydrogen-bond donors (Lipinski definition) is 1. The molecule has 31 heavy (non-hydrogen) atoms. The highest BCUT2D eigenvalue weighted by Gasteiger charge is 2.18. The quantitative estimate of drug-likeness (QED) is 0.480. The van der Waals surface area contributed by atoms with E-state index < -0.39 is 5.82 Å². The van der Waals surface area contributed by atoms with Crippen molar-refractivity contribution in [1.82, 2.24) is 4.90 Å². The minimum Gasteiger partial charge on any atom is -0.454 e. The summed E-state index contributed by atoms with van der Waals surface area (Å²) in [6, 6.07) is 16.2. The molecular weight excluding hydrogens is 442 g/mol. The minimum absolute atomic E-state index is 0.178. The van der Waals surface area contributed by atoms with Crippen LogP contribution in [0.4, 0.5) is 14.9 Å². The molecule has 0 aliphatic carbocycles. The molecule has 1 aliphatic heterocycles. The number of nitrogens with one attached hydrogen (secondary N) is 1. The van der Waals surface area contributed by atoms with Crippen LogP contribution in [0.2, 0.25) is 10.0 Å². The SMILES string of the molecule is O=C(Nc1cccc(F)c1)N(CCc1ccc(Cl)cc1Cl)Cc1ccc2c(c1)OCO2. The zero-order valence-electron chi connectivity index (χ0n) is 16.4. The van der Waals surface area contributed by atoms with Gasteiger partial charge in [-0.25, -0.2) is 9.18 Å². The van der Waals surface area contributed by atoms with E-state index in [1.54, 1.807) is 29.2 Å². The Labute approximate surface area is 189 Å². The van der Waals surface area contributed by atoms with Crippen LogP contribution in [0, 0.1) is 5.82 Å². The summed E-state index contributed by atoms with van der Waals surface area (Å²) >= 11 is 12.3. The topological polar surface area (TPSA) is 50.8 Å². The molecular formula is C23H19Cl2FN2O3. The second-order valence-corrected chi connectivity index (χ2v) is 7.88. The summed E-state index contributed by atoms with van der Waals surface area (Å²) < 4.78 is 24.3. The number of benzene rings is 3. The maximum atomic E-state index is 13.5. The van der Waals surface area contributed by atoms with E-state index in [-0.39, 0.29) is 12.8 Å². The minimum atomic E-state index is -0.423. The lowest BCUT2D eigenvalue weighted by atomic mass is 10.1. The average molecular weight is 461 g/mol. The van der Waals surface area contributed by atoms with E-state index in [2.05, 4.69) is 5.32 Å². The van der Waals surface area contributed by atoms with Crippen LogP contribution < -0.4 is 14.8 Å². The van der Waals surface area contributed by atoms with Crippen LogP contribution in [-0.4, -0.2) is 24.3 Å². The molecule has 1 aliphatic rings. The van der Waals surface area contributed by atoms with E-state index in [0.717, 1.165) is 11.1 Å². The molecule has 4 rings (SSSR count). The van der Waals surface area contributed by atoms with Gasteiger partial charge in [0.1, 0.15) is 5.82 Å². The molecule has 0 atom stereocenters. The Morgan fingerprint density at radius 1 is 1.03 bits per heavy atom. The molecule has 3 aromatic carbocycles. The first kappa shape index (κ1) is 21.3. The zero-order chi connectivity index (χ0) is 21.8. The lowest BCUT2D eigenvalue weighted by Crippen LogP contribution is -2.36. The molecule has 0 fully saturated rings. The summed E-state index contributed by atoms with van der Waals surface area (Å²) in [6.45, 7) is 0.886. The first-order valence-electron chi connectivity index (χ1n) is 9.62. The van der Waals surface area contributed by atoms with Crippen LogP contribution in [0.3, 0.4) is 0 Å². The third kappa shape index (κ3) is 5.40. The predicted molar refractivity (Wildman–Crippen MR) is 119 cm³/mol. The normalized spacial score (nSPS) is 12.0. The second kappa shape index (κ2) is 9.45. The summed E-state index contributed by atoms with van der Waals surface area (Å²) in [6.07, 6.45) is 0.525. The van der Waals surface area contributed by atoms with E-state index >= 15 is 0 Å². The van der Waals surface area contributed by atoms with Crippen LogP contribution in [0.5, 0.6) is 11.5 Å². The first-order valence-corrected chi connectivity index (χ1v) is 10.4. The smallest absolute Gasteiger partial charge is 0.322 e. The molecule has 0 aromatic heterocycles. The number of hydrogen-bond acceptors (Lipinski definition) is 3. The molecule has 5 nitrogen and oxygen atoms in total. The number of fused-ring (bicyclic) bond motifs is 1. The Kier molecular flexibility index (Phi) is 6.49. The highest BCUT2D eigenvalue weighted by molar-refractivity contribution is 6.35. The van der Waals surface area contributed by atoms with Crippen LogP contribution in [0.15, 0.2) is 60.7 Å². The van der Waals surface area contributed by atoms with Crippen molar-refractivity contribution in [3.05, 3.63) is 87.7 Å². The van der Waals surface area contributed by atoms with Crippen molar-refractivity contribution in [2.24, 2.45) is 0 Å². The fourth-order valence-electron chi connectivity index (χ4n) is 3.26. The van der Waals surface area contributed by atoms with E-state index in [9.17, 15) is 9.18 Å². The summed E-state index contributed by atoms with van der Waals surface area (Å²) in [7, 11) is 0. The first-order chi connectivity index (χ1) is 15.0. The van der Waals surface area contributed by atoms with E-state index in [1.165, 1.54) is 12.1 Å². The van der Waals surface area contributed by atoms with Crippen molar-refractivity contribution in [3.8, 4) is 11.5 Å². The van der Waals surface area contributed by atoms with Gasteiger partial charge in [-0.3, -0.25) is 0 Å². The van der Waals surface area contributed by atoms with Crippen molar-refractivity contribution in [2.45, 2.75) is 13.0 Å². The van der Waals surface area contributed by atoms with Crippen LogP contribution >= 0.6 is 23.2 Å². The Balaban J connectivity index is 1.52. The molecule has 1 N–H and O–H groups in total. The number of rotatable bonds is 6. The molecule has 0 saturated carbocycles. The molecule has 160 valence electrons. The Hall–Kier alpha value is -2.96. The Morgan fingerprint density at radius 2 is 1.87 bits per heavy atom. The molecule has 0 spiro atoms. The maximum Gasteiger partial charge on any atom is 0.322 e. The second-order valence-electron chi connectivity index (χ2n) is 7.04. The third-order valence-electron chi connectivity index (χ3n) is 4.84. The molecule has 0 bridgehead atoms. The number of ether oxygens (including phenoxy) is 2. The van der Waals surface area contributed by atoms with Gasteiger partial charge < -0.3 is 19.7 Å². The highest BCUT2D eigenvalue weighted by atomic mass is 35.5. The monoisotopic (exact) mass is 460 g/mol. The lowest BCUT2D eigenvalue weighted by molar-refractivity contribution is 0.174. The summed E-state index contributed by atoms with van der Waals surface area (Å²) in [4.78, 5) is 14.6. The van der Waals surface area contributed by atoms with Gasteiger partial charge in [0.15, 0.2) is 11.5 Å². The predicted octanol–water partition coefficient (Wildman–Crippen LogP) is 6.14. The number of urea groups is 1. The van der Waals surface area contributed by atoms with Gasteiger partial charge >= 0.3 is 6.03 Å². The van der Waals surface area contributed by atoms with E-state index in [0.29, 0.717) is 46.7 Å². The summed E-state index contributed by atoms with van der Waals surface area (Å²) in [5.41, 5.74) is 2.13. The molecule has 0 radical (unpaired) electrons. The van der Waals surface area contributed by atoms with Gasteiger partial charge in [0.25, 0.3) is 0 Å². The highest BCUT2D eigenvalue weighted by Crippen LogP contribution is 2.33. The van der Waals surface area contributed by atoms with Crippen molar-refractivity contribution in [1.29, 1.82) is 0 Å². The number of anilines is 1. The Bertz CT molecular complexity index is 1110. The van der Waals surface area contributed by atoms with Crippen LogP contribution in [0.25, 0.3) is 0 Å². The number of carbonyl (C=O) groups is 1. The number of halogens is 3. The van der Waals surface area contributed by atoms with Crippen molar-refractivity contribution >= 4 is 34.9 Å².